The first-order valence-electron chi connectivity index (χ1n) is 10.2. The van der Waals surface area contributed by atoms with Crippen molar-refractivity contribution in [3.05, 3.63) is 71.3 Å². The van der Waals surface area contributed by atoms with Crippen molar-refractivity contribution >= 4 is 26.6 Å². The third-order valence-electron chi connectivity index (χ3n) is 5.45. The summed E-state index contributed by atoms with van der Waals surface area (Å²) >= 11 is 0. The van der Waals surface area contributed by atoms with Gasteiger partial charge in [0.1, 0.15) is 11.6 Å². The number of aryl methyl sites for hydroxylation is 2. The number of aliphatic imine (C=N–C) groups is 1. The minimum Gasteiger partial charge on any atom is -0.494 e. The topological polar surface area (TPSA) is 59.0 Å². The van der Waals surface area contributed by atoms with Crippen LogP contribution < -0.4 is 4.74 Å². The van der Waals surface area contributed by atoms with E-state index in [4.69, 9.17) is 4.74 Å². The van der Waals surface area contributed by atoms with E-state index < -0.39 is 10.0 Å². The highest BCUT2D eigenvalue weighted by atomic mass is 32.2. The number of fused-ring (bicyclic) bond motifs is 1. The quantitative estimate of drug-likeness (QED) is 0.588. The van der Waals surface area contributed by atoms with E-state index in [2.05, 4.69) is 23.2 Å². The summed E-state index contributed by atoms with van der Waals surface area (Å²) in [5, 5.41) is 2.26. The molecule has 0 unspecified atom stereocenters. The molecule has 0 saturated carbocycles. The van der Waals surface area contributed by atoms with Gasteiger partial charge in [-0.25, -0.2) is 8.42 Å². The minimum absolute atomic E-state index is 0.316. The summed E-state index contributed by atoms with van der Waals surface area (Å²) in [5.74, 6) is 1.32. The lowest BCUT2D eigenvalue weighted by atomic mass is 10.0. The van der Waals surface area contributed by atoms with Crippen molar-refractivity contribution in [3.8, 4) is 5.75 Å². The summed E-state index contributed by atoms with van der Waals surface area (Å²) < 4.78 is 34.2. The van der Waals surface area contributed by atoms with Crippen LogP contribution in [-0.2, 0) is 16.4 Å². The van der Waals surface area contributed by atoms with Crippen molar-refractivity contribution in [3.63, 3.8) is 0 Å². The van der Waals surface area contributed by atoms with Gasteiger partial charge >= 0.3 is 0 Å². The van der Waals surface area contributed by atoms with Crippen LogP contribution in [0.4, 0.5) is 0 Å². The van der Waals surface area contributed by atoms with Crippen LogP contribution in [0.25, 0.3) is 10.8 Å². The molecule has 3 aromatic rings. The number of sulfonamides is 1. The van der Waals surface area contributed by atoms with Crippen LogP contribution in [0.5, 0.6) is 5.75 Å². The molecule has 30 heavy (non-hydrogen) atoms. The maximum Gasteiger partial charge on any atom is 0.265 e. The Bertz CT molecular complexity index is 1230. The second kappa shape index (κ2) is 8.11. The van der Waals surface area contributed by atoms with Crippen molar-refractivity contribution in [2.24, 2.45) is 4.99 Å². The first kappa shape index (κ1) is 20.4. The predicted molar refractivity (Wildman–Crippen MR) is 121 cm³/mol. The van der Waals surface area contributed by atoms with E-state index in [-0.39, 0.29) is 0 Å². The fourth-order valence-corrected chi connectivity index (χ4v) is 5.72. The molecule has 1 aliphatic rings. The van der Waals surface area contributed by atoms with Gasteiger partial charge < -0.3 is 4.74 Å². The number of nitrogens with zero attached hydrogens (tertiary/aromatic N) is 2. The van der Waals surface area contributed by atoms with Crippen LogP contribution in [0.3, 0.4) is 0 Å². The summed E-state index contributed by atoms with van der Waals surface area (Å²) in [4.78, 5) is 4.86. The maximum atomic E-state index is 13.5. The van der Waals surface area contributed by atoms with Gasteiger partial charge in [-0.3, -0.25) is 9.30 Å². The Labute approximate surface area is 178 Å². The van der Waals surface area contributed by atoms with Crippen LogP contribution in [-0.4, -0.2) is 38.3 Å². The molecule has 0 fully saturated rings. The Morgan fingerprint density at radius 2 is 1.80 bits per heavy atom. The lowest BCUT2D eigenvalue weighted by molar-refractivity contribution is 0.337. The second-order valence-corrected chi connectivity index (χ2v) is 9.34. The van der Waals surface area contributed by atoms with Crippen LogP contribution >= 0.6 is 0 Å². The van der Waals surface area contributed by atoms with Crippen molar-refractivity contribution in [2.45, 2.75) is 32.1 Å². The Morgan fingerprint density at radius 1 is 1.03 bits per heavy atom. The molecule has 3 aromatic carbocycles. The van der Waals surface area contributed by atoms with Crippen LogP contribution in [0.2, 0.25) is 0 Å². The summed E-state index contributed by atoms with van der Waals surface area (Å²) in [6.07, 6.45) is 0.482. The molecule has 0 bridgehead atoms. The second-order valence-electron chi connectivity index (χ2n) is 7.51. The Kier molecular flexibility index (Phi) is 5.52. The molecule has 0 spiro atoms. The molecule has 4 rings (SSSR count). The minimum atomic E-state index is -3.70. The summed E-state index contributed by atoms with van der Waals surface area (Å²) in [7, 11) is -3.70. The molecule has 0 amide bonds. The third kappa shape index (κ3) is 3.67. The highest BCUT2D eigenvalue weighted by Gasteiger charge is 2.32. The van der Waals surface area contributed by atoms with E-state index in [0.29, 0.717) is 42.4 Å². The molecular formula is C24H26N2O3S. The summed E-state index contributed by atoms with van der Waals surface area (Å²) in [6.45, 7) is 6.99. The molecule has 156 valence electrons. The first-order valence-corrected chi connectivity index (χ1v) is 11.6. The molecule has 6 heteroatoms. The number of hydrogen-bond acceptors (Lipinski definition) is 4. The van der Waals surface area contributed by atoms with Crippen LogP contribution in [0, 0.1) is 13.8 Å². The van der Waals surface area contributed by atoms with Crippen molar-refractivity contribution in [2.75, 3.05) is 19.7 Å². The van der Waals surface area contributed by atoms with Gasteiger partial charge in [-0.15, -0.1) is 0 Å². The number of hydrogen-bond donors (Lipinski definition) is 0. The molecule has 0 aliphatic carbocycles. The lowest BCUT2D eigenvalue weighted by Gasteiger charge is -2.23. The number of amidine groups is 1. The van der Waals surface area contributed by atoms with Gasteiger partial charge in [0.05, 0.1) is 24.6 Å². The SMILES string of the molecule is CCOc1cc(C)c(S(=O)(=O)N2CCN=C2Cc2cccc3ccccc23)cc1C. The first-order chi connectivity index (χ1) is 14.4. The molecule has 1 aliphatic heterocycles. The number of ether oxygens (including phenoxy) is 1. The molecule has 1 heterocycles. The zero-order valence-electron chi connectivity index (χ0n) is 17.6. The van der Waals surface area contributed by atoms with Gasteiger partial charge in [-0.1, -0.05) is 42.5 Å². The van der Waals surface area contributed by atoms with E-state index in [1.54, 1.807) is 6.07 Å². The van der Waals surface area contributed by atoms with Crippen molar-refractivity contribution in [1.29, 1.82) is 0 Å². The monoisotopic (exact) mass is 422 g/mol. The molecule has 5 nitrogen and oxygen atoms in total. The van der Waals surface area contributed by atoms with Gasteiger partial charge in [-0.2, -0.15) is 0 Å². The third-order valence-corrected chi connectivity index (χ3v) is 7.42. The predicted octanol–water partition coefficient (Wildman–Crippen LogP) is 4.50. The largest absolute Gasteiger partial charge is 0.494 e. The Morgan fingerprint density at radius 3 is 2.60 bits per heavy atom. The van der Waals surface area contributed by atoms with Crippen LogP contribution in [0.1, 0.15) is 23.6 Å². The summed E-state index contributed by atoms with van der Waals surface area (Å²) in [5.41, 5.74) is 2.57. The van der Waals surface area contributed by atoms with E-state index >= 15 is 0 Å². The standard InChI is InChI=1S/C24H26N2O3S/c1-4-29-22-14-18(3)23(15-17(22)2)30(27,28)26-13-12-25-24(26)16-20-10-7-9-19-8-5-6-11-21(19)20/h5-11,14-15H,4,12-13,16H2,1-3H3. The van der Waals surface area contributed by atoms with Crippen LogP contribution in [0.15, 0.2) is 64.5 Å². The van der Waals surface area contributed by atoms with Gasteiger partial charge in [0, 0.05) is 6.42 Å². The van der Waals surface area contributed by atoms with Gasteiger partial charge in [0.15, 0.2) is 0 Å². The molecule has 0 radical (unpaired) electrons. The number of benzene rings is 3. The van der Waals surface area contributed by atoms with Crippen molar-refractivity contribution in [1.82, 2.24) is 4.31 Å². The van der Waals surface area contributed by atoms with Gasteiger partial charge in [0.2, 0.25) is 0 Å². The maximum absolute atomic E-state index is 13.5. The van der Waals surface area contributed by atoms with Crippen molar-refractivity contribution < 1.29 is 13.2 Å². The smallest absolute Gasteiger partial charge is 0.265 e. The molecule has 0 saturated heterocycles. The van der Waals surface area contributed by atoms with Gasteiger partial charge in [-0.05, 0) is 60.4 Å². The zero-order valence-corrected chi connectivity index (χ0v) is 18.4. The highest BCUT2D eigenvalue weighted by Crippen LogP contribution is 2.30. The molecular weight excluding hydrogens is 396 g/mol. The van der Waals surface area contributed by atoms with E-state index in [0.717, 1.165) is 27.6 Å². The zero-order chi connectivity index (χ0) is 21.3. The van der Waals surface area contributed by atoms with Gasteiger partial charge in [0.25, 0.3) is 10.0 Å². The summed E-state index contributed by atoms with van der Waals surface area (Å²) in [6, 6.07) is 17.8. The van der Waals surface area contributed by atoms with E-state index in [1.165, 1.54) is 4.31 Å². The fraction of sp³-hybridized carbons (Fsp3) is 0.292. The molecule has 0 N–H and O–H groups in total. The van der Waals surface area contributed by atoms with E-state index in [1.807, 2.05) is 51.1 Å². The van der Waals surface area contributed by atoms with E-state index in [9.17, 15) is 8.42 Å². The normalized spacial score (nSPS) is 14.2. The highest BCUT2D eigenvalue weighted by molar-refractivity contribution is 7.89. The molecule has 0 atom stereocenters. The fourth-order valence-electron chi connectivity index (χ4n) is 3.97. The average Bonchev–Trinajstić information content (AvgIpc) is 3.20. The average molecular weight is 423 g/mol. The Balaban J connectivity index is 1.68. The Hall–Kier alpha value is -2.86. The molecule has 0 aromatic heterocycles. The lowest BCUT2D eigenvalue weighted by Crippen LogP contribution is -2.35. The number of rotatable bonds is 6.